The van der Waals surface area contributed by atoms with E-state index in [2.05, 4.69) is 22.9 Å². The molecule has 0 N–H and O–H groups in total. The van der Waals surface area contributed by atoms with E-state index in [9.17, 15) is 0 Å². The van der Waals surface area contributed by atoms with Crippen LogP contribution in [0.4, 0.5) is 0 Å². The van der Waals surface area contributed by atoms with E-state index in [4.69, 9.17) is 0 Å². The van der Waals surface area contributed by atoms with Gasteiger partial charge in [-0.25, -0.2) is 0 Å². The Labute approximate surface area is 47.4 Å². The number of rotatable bonds is 0. The molecule has 0 aromatic carbocycles. The lowest BCUT2D eigenvalue weighted by Crippen LogP contribution is -1.62. The molecule has 0 aromatic rings. The minimum atomic E-state index is 0.988. The zero-order chi connectivity index (χ0) is 5.15. The fourth-order valence-corrected chi connectivity index (χ4v) is 0. The first-order chi connectivity index (χ1) is 2.64. The van der Waals surface area contributed by atoms with Crippen molar-refractivity contribution in [3.8, 4) is 0 Å². The van der Waals surface area contributed by atoms with E-state index in [1.807, 2.05) is 13.8 Å². The molecule has 1 heteroatoms. The molecule has 0 saturated carbocycles. The lowest BCUT2D eigenvalue weighted by Gasteiger charge is -1.85. The molecule has 0 atom stereocenters. The molecule has 0 aliphatic carbocycles. The van der Waals surface area contributed by atoms with E-state index < -0.39 is 0 Å². The van der Waals surface area contributed by atoms with Crippen LogP contribution in [0.1, 0.15) is 13.8 Å². The van der Waals surface area contributed by atoms with Gasteiger partial charge in [-0.1, -0.05) is 21.5 Å². The highest BCUT2D eigenvalue weighted by Gasteiger charge is 1.78. The summed E-state index contributed by atoms with van der Waals surface area (Å²) < 4.78 is 0.988. The lowest BCUT2D eigenvalue weighted by molar-refractivity contribution is 1.38. The Kier molecular flexibility index (Phi) is 2.49. The molecular formula is C5H8Br. The average Bonchev–Trinajstić information content (AvgIpc) is 1.36. The fraction of sp³-hybridized carbons (Fsp3) is 0.400. The minimum Gasteiger partial charge on any atom is -0.0663 e. The summed E-state index contributed by atoms with van der Waals surface area (Å²) in [6.07, 6.45) is 0. The molecule has 0 rings (SSSR count). The van der Waals surface area contributed by atoms with Crippen molar-refractivity contribution in [2.45, 2.75) is 13.8 Å². The average molecular weight is 148 g/mol. The Bertz CT molecular complexity index is 54.0. The van der Waals surface area contributed by atoms with Gasteiger partial charge < -0.3 is 0 Å². The zero-order valence-electron chi connectivity index (χ0n) is 4.09. The molecule has 1 radical (unpaired) electrons. The van der Waals surface area contributed by atoms with Crippen molar-refractivity contribution in [1.29, 1.82) is 0 Å². The maximum atomic E-state index is 3.63. The van der Waals surface area contributed by atoms with E-state index in [-0.39, 0.29) is 0 Å². The first-order valence-corrected chi connectivity index (χ1v) is 2.59. The van der Waals surface area contributed by atoms with Crippen LogP contribution in [0, 0.1) is 6.92 Å². The predicted octanol–water partition coefficient (Wildman–Crippen LogP) is 2.51. The van der Waals surface area contributed by atoms with Crippen molar-refractivity contribution in [2.24, 2.45) is 0 Å². The summed E-state index contributed by atoms with van der Waals surface area (Å²) >= 11 is 3.21. The second kappa shape index (κ2) is 2.40. The SMILES string of the molecule is [CH2]C(Br)=C(C)C. The Morgan fingerprint density at radius 2 is 1.67 bits per heavy atom. The van der Waals surface area contributed by atoms with Crippen LogP contribution in [-0.2, 0) is 0 Å². The van der Waals surface area contributed by atoms with Gasteiger partial charge in [0.2, 0.25) is 0 Å². The van der Waals surface area contributed by atoms with Gasteiger partial charge in [-0.3, -0.25) is 0 Å². The van der Waals surface area contributed by atoms with E-state index in [1.54, 1.807) is 0 Å². The summed E-state index contributed by atoms with van der Waals surface area (Å²) in [5.74, 6) is 0. The Morgan fingerprint density at radius 1 is 1.50 bits per heavy atom. The van der Waals surface area contributed by atoms with Crippen LogP contribution >= 0.6 is 15.9 Å². The number of hydrogen-bond donors (Lipinski definition) is 0. The number of allylic oxidation sites excluding steroid dienone is 2. The van der Waals surface area contributed by atoms with Gasteiger partial charge in [-0.2, -0.15) is 0 Å². The second-order valence-electron chi connectivity index (χ2n) is 1.40. The van der Waals surface area contributed by atoms with Crippen molar-refractivity contribution in [1.82, 2.24) is 0 Å². The van der Waals surface area contributed by atoms with Gasteiger partial charge in [-0.15, -0.1) is 0 Å². The van der Waals surface area contributed by atoms with Crippen LogP contribution in [-0.4, -0.2) is 0 Å². The molecule has 35 valence electrons. The molecule has 0 heterocycles. The van der Waals surface area contributed by atoms with Gasteiger partial charge in [0.05, 0.1) is 0 Å². The third kappa shape index (κ3) is 2.46. The van der Waals surface area contributed by atoms with Gasteiger partial charge >= 0.3 is 0 Å². The summed E-state index contributed by atoms with van der Waals surface area (Å²) in [6, 6.07) is 0. The van der Waals surface area contributed by atoms with Crippen molar-refractivity contribution < 1.29 is 0 Å². The molecule has 0 fully saturated rings. The molecule has 0 nitrogen and oxygen atoms in total. The molecule has 0 amide bonds. The van der Waals surface area contributed by atoms with Gasteiger partial charge in [0.1, 0.15) is 0 Å². The standard InChI is InChI=1S/C5H8Br/c1-4(2)5(3)6/h3H2,1-2H3. The zero-order valence-corrected chi connectivity index (χ0v) is 5.67. The van der Waals surface area contributed by atoms with Crippen LogP contribution in [0.15, 0.2) is 10.1 Å². The highest BCUT2D eigenvalue weighted by molar-refractivity contribution is 9.11. The molecule has 0 saturated heterocycles. The van der Waals surface area contributed by atoms with Crippen LogP contribution in [0.3, 0.4) is 0 Å². The summed E-state index contributed by atoms with van der Waals surface area (Å²) in [4.78, 5) is 0. The van der Waals surface area contributed by atoms with Crippen molar-refractivity contribution in [3.63, 3.8) is 0 Å². The van der Waals surface area contributed by atoms with Crippen molar-refractivity contribution in [3.05, 3.63) is 17.0 Å². The molecule has 0 bridgehead atoms. The normalized spacial score (nSPS) is 8.00. The van der Waals surface area contributed by atoms with Gasteiger partial charge in [0.15, 0.2) is 0 Å². The molecular weight excluding hydrogens is 140 g/mol. The monoisotopic (exact) mass is 147 g/mol. The van der Waals surface area contributed by atoms with E-state index >= 15 is 0 Å². The second-order valence-corrected chi connectivity index (χ2v) is 2.36. The summed E-state index contributed by atoms with van der Waals surface area (Å²) in [5, 5.41) is 0. The summed E-state index contributed by atoms with van der Waals surface area (Å²) in [5.41, 5.74) is 1.23. The highest BCUT2D eigenvalue weighted by Crippen LogP contribution is 2.06. The largest absolute Gasteiger partial charge is 0.0663 e. The first kappa shape index (κ1) is 6.22. The Morgan fingerprint density at radius 3 is 1.67 bits per heavy atom. The van der Waals surface area contributed by atoms with E-state index in [0.29, 0.717) is 0 Å². The maximum absolute atomic E-state index is 3.63. The number of halogens is 1. The maximum Gasteiger partial charge on any atom is -0.00594 e. The summed E-state index contributed by atoms with van der Waals surface area (Å²) in [6.45, 7) is 7.66. The van der Waals surface area contributed by atoms with Crippen LogP contribution < -0.4 is 0 Å². The molecule has 0 aliphatic heterocycles. The Balaban J connectivity index is 3.68. The van der Waals surface area contributed by atoms with Crippen LogP contribution in [0.25, 0.3) is 0 Å². The van der Waals surface area contributed by atoms with E-state index in [1.165, 1.54) is 5.57 Å². The molecule has 6 heavy (non-hydrogen) atoms. The Hall–Kier alpha value is 0.220. The van der Waals surface area contributed by atoms with Crippen LogP contribution in [0.5, 0.6) is 0 Å². The highest BCUT2D eigenvalue weighted by atomic mass is 79.9. The molecule has 0 unspecified atom stereocenters. The lowest BCUT2D eigenvalue weighted by atomic mass is 10.3. The molecule has 0 spiro atoms. The van der Waals surface area contributed by atoms with Gasteiger partial charge in [0.25, 0.3) is 0 Å². The first-order valence-electron chi connectivity index (χ1n) is 1.79. The van der Waals surface area contributed by atoms with Gasteiger partial charge in [0, 0.05) is 0 Å². The van der Waals surface area contributed by atoms with Crippen LogP contribution in [0.2, 0.25) is 0 Å². The topological polar surface area (TPSA) is 0 Å². The molecule has 0 aliphatic rings. The summed E-state index contributed by atoms with van der Waals surface area (Å²) in [7, 11) is 0. The van der Waals surface area contributed by atoms with Crippen molar-refractivity contribution >= 4 is 15.9 Å². The van der Waals surface area contributed by atoms with Gasteiger partial charge in [-0.05, 0) is 25.3 Å². The quantitative estimate of drug-likeness (QED) is 0.495. The van der Waals surface area contributed by atoms with E-state index in [0.717, 1.165) is 4.48 Å². The fourth-order valence-electron chi connectivity index (χ4n) is 0. The smallest absolute Gasteiger partial charge is 0.00594 e. The molecule has 0 aromatic heterocycles. The van der Waals surface area contributed by atoms with Crippen molar-refractivity contribution in [2.75, 3.05) is 0 Å². The predicted molar refractivity (Wildman–Crippen MR) is 32.7 cm³/mol. The third-order valence-electron chi connectivity index (χ3n) is 0.543. The minimum absolute atomic E-state index is 0.988. The number of hydrogen-bond acceptors (Lipinski definition) is 0. The third-order valence-corrected chi connectivity index (χ3v) is 1.34.